The largest absolute Gasteiger partial charge is 0.465 e. The molecular formula is C29H43N3O7S. The smallest absolute Gasteiger partial charge is 0.410 e. The molecule has 2 amide bonds. The van der Waals surface area contributed by atoms with Crippen LogP contribution in [0.2, 0.25) is 0 Å². The fourth-order valence-electron chi connectivity index (χ4n) is 5.11. The fourth-order valence-corrected chi connectivity index (χ4v) is 6.64. The van der Waals surface area contributed by atoms with E-state index in [4.69, 9.17) is 9.47 Å². The number of carbonyl (C=O) groups is 3. The van der Waals surface area contributed by atoms with Gasteiger partial charge in [-0.2, -0.15) is 0 Å². The van der Waals surface area contributed by atoms with Gasteiger partial charge < -0.3 is 19.3 Å². The number of aryl methyl sites for hydroxylation is 1. The first-order chi connectivity index (χ1) is 18.7. The Morgan fingerprint density at radius 1 is 1.23 bits per heavy atom. The van der Waals surface area contributed by atoms with E-state index in [-0.39, 0.29) is 47.8 Å². The van der Waals surface area contributed by atoms with Crippen molar-refractivity contribution >= 4 is 35.4 Å². The van der Waals surface area contributed by atoms with Crippen LogP contribution < -0.4 is 0 Å². The topological polar surface area (TPSA) is 119 Å². The first-order valence-electron chi connectivity index (χ1n) is 14.1. The molecule has 1 aliphatic carbocycles. The number of hydrogen-bond acceptors (Lipinski definition) is 8. The minimum Gasteiger partial charge on any atom is -0.465 e. The Labute approximate surface area is 241 Å². The van der Waals surface area contributed by atoms with Gasteiger partial charge in [0, 0.05) is 37.3 Å². The average molecular weight is 578 g/mol. The monoisotopic (exact) mass is 577 g/mol. The maximum Gasteiger partial charge on any atom is 0.410 e. The third-order valence-electron chi connectivity index (χ3n) is 7.36. The van der Waals surface area contributed by atoms with Crippen LogP contribution in [-0.4, -0.2) is 75.3 Å². The number of hydrogen-bond donors (Lipinski definition) is 0. The highest BCUT2D eigenvalue weighted by atomic mass is 32.2. The molecule has 0 unspecified atom stereocenters. The third-order valence-corrected chi connectivity index (χ3v) is 8.87. The van der Waals surface area contributed by atoms with E-state index >= 15 is 0 Å². The van der Waals surface area contributed by atoms with Gasteiger partial charge in [0.15, 0.2) is 0 Å². The molecule has 1 saturated carbocycles. The summed E-state index contributed by atoms with van der Waals surface area (Å²) in [6, 6.07) is 2.85. The molecule has 3 rings (SSSR count). The van der Waals surface area contributed by atoms with E-state index in [1.807, 2.05) is 34.6 Å². The van der Waals surface area contributed by atoms with Gasteiger partial charge in [-0.1, -0.05) is 0 Å². The van der Waals surface area contributed by atoms with Gasteiger partial charge in [0.25, 0.3) is 11.6 Å². The Balaban J connectivity index is 1.83. The third kappa shape index (κ3) is 7.47. The van der Waals surface area contributed by atoms with Crippen molar-refractivity contribution in [2.24, 2.45) is 5.92 Å². The van der Waals surface area contributed by atoms with E-state index in [1.54, 1.807) is 29.7 Å². The van der Waals surface area contributed by atoms with E-state index in [0.29, 0.717) is 42.9 Å². The lowest BCUT2D eigenvalue weighted by Gasteiger charge is -2.38. The molecule has 10 nitrogen and oxygen atoms in total. The first-order valence-corrected chi connectivity index (χ1v) is 14.9. The molecule has 1 aromatic carbocycles. The number of esters is 1. The summed E-state index contributed by atoms with van der Waals surface area (Å²) in [6.45, 7) is 14.6. The van der Waals surface area contributed by atoms with Crippen LogP contribution in [0, 0.1) is 23.0 Å². The number of benzene rings is 1. The highest BCUT2D eigenvalue weighted by molar-refractivity contribution is 8.01. The Bertz CT molecular complexity index is 1130. The van der Waals surface area contributed by atoms with Crippen LogP contribution in [-0.2, 0) is 14.3 Å². The highest BCUT2D eigenvalue weighted by Gasteiger charge is 2.48. The summed E-state index contributed by atoms with van der Waals surface area (Å²) in [6.07, 6.45) is 3.35. The number of ether oxygens (including phenoxy) is 2. The van der Waals surface area contributed by atoms with Gasteiger partial charge in [-0.05, 0) is 98.1 Å². The maximum absolute atomic E-state index is 13.8. The predicted octanol–water partition coefficient (Wildman–Crippen LogP) is 5.98. The van der Waals surface area contributed by atoms with E-state index in [9.17, 15) is 24.5 Å². The van der Waals surface area contributed by atoms with Crippen LogP contribution in [0.1, 0.15) is 89.6 Å². The van der Waals surface area contributed by atoms with Gasteiger partial charge >= 0.3 is 12.1 Å². The summed E-state index contributed by atoms with van der Waals surface area (Å²) >= 11 is 1.17. The molecule has 0 N–H and O–H groups in total. The Morgan fingerprint density at radius 2 is 1.90 bits per heavy atom. The van der Waals surface area contributed by atoms with Crippen molar-refractivity contribution in [3.63, 3.8) is 0 Å². The molecule has 0 bridgehead atoms. The molecule has 40 heavy (non-hydrogen) atoms. The number of thioether (sulfide) groups is 1. The lowest BCUT2D eigenvalue weighted by Crippen LogP contribution is -2.48. The van der Waals surface area contributed by atoms with Crippen LogP contribution in [0.5, 0.6) is 0 Å². The number of amides is 2. The quantitative estimate of drug-likeness (QED) is 0.200. The Hall–Kier alpha value is -2.82. The maximum atomic E-state index is 13.8. The summed E-state index contributed by atoms with van der Waals surface area (Å²) in [4.78, 5) is 54.6. The second-order valence-electron chi connectivity index (χ2n) is 12.0. The zero-order chi connectivity index (χ0) is 29.8. The number of piperidine rings is 1. The average Bonchev–Trinajstić information content (AvgIpc) is 2.83. The number of likely N-dealkylation sites (tertiary alicyclic amines) is 1. The van der Waals surface area contributed by atoms with Crippen molar-refractivity contribution in [2.45, 2.75) is 102 Å². The molecule has 1 heterocycles. The molecule has 222 valence electrons. The first kappa shape index (κ1) is 31.7. The molecule has 0 radical (unpaired) electrons. The summed E-state index contributed by atoms with van der Waals surface area (Å²) in [5.74, 6) is -0.580. The standard InChI is InChI=1S/C29H43N3O7S/c1-8-38-26(34)29(12-10-13-29)40-24-15-20(4)22(16-23(24)32(36)37)25(33)31(19(2)3)18-21-11-9-14-30(17-21)27(35)39-28(5,6)7/h15-16,19,21H,8-14,17-18H2,1-7H3/t21-/m1/s1. The number of nitro benzene ring substituents is 1. The molecule has 0 spiro atoms. The number of rotatable bonds is 9. The number of nitro groups is 1. The van der Waals surface area contributed by atoms with E-state index in [0.717, 1.165) is 19.3 Å². The Morgan fingerprint density at radius 3 is 2.42 bits per heavy atom. The second-order valence-corrected chi connectivity index (χ2v) is 13.5. The Kier molecular flexibility index (Phi) is 10.1. The summed E-state index contributed by atoms with van der Waals surface area (Å²) in [5, 5.41) is 12.1. The summed E-state index contributed by atoms with van der Waals surface area (Å²) < 4.78 is 9.98. The van der Waals surface area contributed by atoms with Gasteiger partial charge in [-0.15, -0.1) is 11.8 Å². The van der Waals surface area contributed by atoms with Crippen molar-refractivity contribution < 1.29 is 28.8 Å². The molecule has 2 aliphatic rings. The summed E-state index contributed by atoms with van der Waals surface area (Å²) in [5.41, 5.74) is 0.103. The van der Waals surface area contributed by atoms with Crippen LogP contribution in [0.4, 0.5) is 10.5 Å². The van der Waals surface area contributed by atoms with Gasteiger partial charge in [0.2, 0.25) is 0 Å². The number of carbonyl (C=O) groups excluding carboxylic acids is 3. The van der Waals surface area contributed by atoms with Crippen molar-refractivity contribution in [2.75, 3.05) is 26.2 Å². The second kappa shape index (κ2) is 12.8. The van der Waals surface area contributed by atoms with Crippen LogP contribution >= 0.6 is 11.8 Å². The molecule has 1 aromatic rings. The molecule has 1 atom stereocenters. The number of nitrogens with zero attached hydrogens (tertiary/aromatic N) is 3. The molecule has 1 saturated heterocycles. The normalized spacial score (nSPS) is 18.6. The van der Waals surface area contributed by atoms with Crippen LogP contribution in [0.25, 0.3) is 0 Å². The van der Waals surface area contributed by atoms with Crippen molar-refractivity contribution in [3.05, 3.63) is 33.4 Å². The summed E-state index contributed by atoms with van der Waals surface area (Å²) in [7, 11) is 0. The molecular weight excluding hydrogens is 534 g/mol. The van der Waals surface area contributed by atoms with Gasteiger partial charge in [0.1, 0.15) is 10.3 Å². The van der Waals surface area contributed by atoms with Crippen LogP contribution in [0.15, 0.2) is 17.0 Å². The van der Waals surface area contributed by atoms with Gasteiger partial charge in [0.05, 0.1) is 16.4 Å². The van der Waals surface area contributed by atoms with Crippen molar-refractivity contribution in [1.82, 2.24) is 9.80 Å². The lowest BCUT2D eigenvalue weighted by molar-refractivity contribution is -0.387. The molecule has 1 aliphatic heterocycles. The van der Waals surface area contributed by atoms with E-state index in [1.165, 1.54) is 17.8 Å². The predicted molar refractivity (Wildman–Crippen MR) is 154 cm³/mol. The molecule has 2 fully saturated rings. The van der Waals surface area contributed by atoms with Crippen molar-refractivity contribution in [1.29, 1.82) is 0 Å². The zero-order valence-electron chi connectivity index (χ0n) is 24.8. The van der Waals surface area contributed by atoms with E-state index < -0.39 is 15.3 Å². The van der Waals surface area contributed by atoms with E-state index in [2.05, 4.69) is 0 Å². The van der Waals surface area contributed by atoms with Crippen LogP contribution in [0.3, 0.4) is 0 Å². The SMILES string of the molecule is CCOC(=O)C1(Sc2cc(C)c(C(=O)N(C[C@@H]3CCCN(C(=O)OC(C)(C)C)C3)C(C)C)cc2[N+](=O)[O-])CCC1. The van der Waals surface area contributed by atoms with Gasteiger partial charge in [-0.25, -0.2) is 4.79 Å². The molecule has 0 aromatic heterocycles. The molecule has 11 heteroatoms. The minimum atomic E-state index is -0.830. The highest BCUT2D eigenvalue weighted by Crippen LogP contribution is 2.51. The van der Waals surface area contributed by atoms with Gasteiger partial charge in [-0.3, -0.25) is 19.7 Å². The minimum absolute atomic E-state index is 0.0563. The lowest BCUT2D eigenvalue weighted by atomic mass is 9.84. The zero-order valence-corrected chi connectivity index (χ0v) is 25.6. The fraction of sp³-hybridized carbons (Fsp3) is 0.690. The van der Waals surface area contributed by atoms with Crippen molar-refractivity contribution in [3.8, 4) is 0 Å².